The van der Waals surface area contributed by atoms with E-state index in [2.05, 4.69) is 0 Å². The summed E-state index contributed by atoms with van der Waals surface area (Å²) in [6.45, 7) is 1.98. The van der Waals surface area contributed by atoms with Crippen molar-refractivity contribution >= 4 is 5.91 Å². The predicted octanol–water partition coefficient (Wildman–Crippen LogP) is 1.08. The Hall–Kier alpha value is -1.39. The summed E-state index contributed by atoms with van der Waals surface area (Å²) in [4.78, 5) is 14.3. The fourth-order valence-electron chi connectivity index (χ4n) is 3.02. The number of nitrogens with zero attached hydrogens (tertiary/aromatic N) is 1. The van der Waals surface area contributed by atoms with Crippen LogP contribution in [-0.2, 0) is 22.5 Å². The minimum Gasteiger partial charge on any atom is -0.371 e. The number of fused-ring (bicyclic) bond motifs is 2. The van der Waals surface area contributed by atoms with Gasteiger partial charge in [0.1, 0.15) is 0 Å². The van der Waals surface area contributed by atoms with Gasteiger partial charge < -0.3 is 15.4 Å². The first-order valence-electron chi connectivity index (χ1n) is 6.96. The Bertz CT molecular complexity index is 463. The number of benzene rings is 1. The van der Waals surface area contributed by atoms with Gasteiger partial charge in [0.2, 0.25) is 5.91 Å². The van der Waals surface area contributed by atoms with E-state index in [0.29, 0.717) is 13.0 Å². The molecule has 19 heavy (non-hydrogen) atoms. The molecule has 4 heteroatoms. The molecule has 2 saturated heterocycles. The molecule has 2 heterocycles. The average molecular weight is 260 g/mol. The van der Waals surface area contributed by atoms with Gasteiger partial charge in [-0.1, -0.05) is 24.3 Å². The number of hydrogen-bond acceptors (Lipinski definition) is 3. The maximum Gasteiger partial charge on any atom is 0.227 e. The predicted molar refractivity (Wildman–Crippen MR) is 72.5 cm³/mol. The molecule has 2 aliphatic heterocycles. The Morgan fingerprint density at radius 3 is 2.47 bits per heavy atom. The first-order chi connectivity index (χ1) is 9.26. The first kappa shape index (κ1) is 12.6. The molecule has 2 atom stereocenters. The Labute approximate surface area is 113 Å². The number of carbonyl (C=O) groups excluding carboxylic acids is 1. The summed E-state index contributed by atoms with van der Waals surface area (Å²) in [5.74, 6) is 0.195. The molecule has 0 aromatic heterocycles. The summed E-state index contributed by atoms with van der Waals surface area (Å²) in [6.07, 6.45) is 3.15. The second-order valence-electron chi connectivity index (χ2n) is 5.41. The van der Waals surface area contributed by atoms with E-state index in [4.69, 9.17) is 10.5 Å². The van der Waals surface area contributed by atoms with Crippen LogP contribution in [-0.4, -0.2) is 36.1 Å². The minimum atomic E-state index is 0.195. The second kappa shape index (κ2) is 5.31. The van der Waals surface area contributed by atoms with Gasteiger partial charge in [0.15, 0.2) is 0 Å². The van der Waals surface area contributed by atoms with E-state index < -0.39 is 0 Å². The van der Waals surface area contributed by atoms with Gasteiger partial charge in [-0.25, -0.2) is 0 Å². The molecule has 0 saturated carbocycles. The van der Waals surface area contributed by atoms with Gasteiger partial charge in [0.25, 0.3) is 0 Å². The number of hydrogen-bond donors (Lipinski definition) is 1. The summed E-state index contributed by atoms with van der Waals surface area (Å²) in [5.41, 5.74) is 7.83. The average Bonchev–Trinajstić information content (AvgIpc) is 2.78. The number of nitrogens with two attached hydrogens (primary N) is 1. The highest BCUT2D eigenvalue weighted by Crippen LogP contribution is 2.26. The van der Waals surface area contributed by atoms with Gasteiger partial charge in [0.05, 0.1) is 18.6 Å². The SMILES string of the molecule is NCc1ccccc1CC(=O)N1CC2CCC(C1)O2. The molecule has 2 bridgehead atoms. The summed E-state index contributed by atoms with van der Waals surface area (Å²) in [5, 5.41) is 0. The van der Waals surface area contributed by atoms with E-state index >= 15 is 0 Å². The number of rotatable bonds is 3. The molecule has 3 rings (SSSR count). The van der Waals surface area contributed by atoms with Crippen LogP contribution < -0.4 is 5.73 Å². The molecule has 2 N–H and O–H groups in total. The topological polar surface area (TPSA) is 55.6 Å². The second-order valence-corrected chi connectivity index (χ2v) is 5.41. The molecule has 0 aliphatic carbocycles. The van der Waals surface area contributed by atoms with Crippen LogP contribution >= 0.6 is 0 Å². The Morgan fingerprint density at radius 2 is 1.84 bits per heavy atom. The van der Waals surface area contributed by atoms with E-state index in [-0.39, 0.29) is 18.1 Å². The smallest absolute Gasteiger partial charge is 0.227 e. The zero-order valence-corrected chi connectivity index (χ0v) is 11.0. The minimum absolute atomic E-state index is 0.195. The normalized spacial score (nSPS) is 25.6. The maximum atomic E-state index is 12.4. The number of amides is 1. The third-order valence-corrected chi connectivity index (χ3v) is 4.08. The standard InChI is InChI=1S/C15H20N2O2/c16-8-12-4-2-1-3-11(12)7-15(18)17-9-13-5-6-14(10-17)19-13/h1-4,13-14H,5-10,16H2. The van der Waals surface area contributed by atoms with E-state index in [1.165, 1.54) is 0 Å². The maximum absolute atomic E-state index is 12.4. The Morgan fingerprint density at radius 1 is 1.21 bits per heavy atom. The molecule has 102 valence electrons. The van der Waals surface area contributed by atoms with Crippen LogP contribution in [0.25, 0.3) is 0 Å². The lowest BCUT2D eigenvalue weighted by Crippen LogP contribution is -2.46. The van der Waals surface area contributed by atoms with Gasteiger partial charge in [-0.2, -0.15) is 0 Å². The van der Waals surface area contributed by atoms with Crippen LogP contribution in [0.5, 0.6) is 0 Å². The van der Waals surface area contributed by atoms with Gasteiger partial charge in [-0.05, 0) is 24.0 Å². The van der Waals surface area contributed by atoms with E-state index in [1.807, 2.05) is 29.2 Å². The number of ether oxygens (including phenoxy) is 1. The van der Waals surface area contributed by atoms with Crippen molar-refractivity contribution in [1.29, 1.82) is 0 Å². The van der Waals surface area contributed by atoms with E-state index in [9.17, 15) is 4.79 Å². The molecule has 2 aliphatic rings. The highest BCUT2D eigenvalue weighted by molar-refractivity contribution is 5.79. The lowest BCUT2D eigenvalue weighted by atomic mass is 10.0. The molecular formula is C15H20N2O2. The summed E-state index contributed by atoms with van der Waals surface area (Å²) in [6, 6.07) is 7.91. The van der Waals surface area contributed by atoms with Crippen LogP contribution in [0.2, 0.25) is 0 Å². The van der Waals surface area contributed by atoms with Crippen LogP contribution in [0.3, 0.4) is 0 Å². The quantitative estimate of drug-likeness (QED) is 0.884. The lowest BCUT2D eigenvalue weighted by molar-refractivity contribution is -0.139. The Kier molecular flexibility index (Phi) is 3.53. The van der Waals surface area contributed by atoms with Gasteiger partial charge >= 0.3 is 0 Å². The lowest BCUT2D eigenvalue weighted by Gasteiger charge is -2.32. The molecular weight excluding hydrogens is 240 g/mol. The van der Waals surface area contributed by atoms with Crippen molar-refractivity contribution in [2.24, 2.45) is 5.73 Å². The van der Waals surface area contributed by atoms with Gasteiger partial charge in [-0.15, -0.1) is 0 Å². The Balaban J connectivity index is 1.68. The molecule has 0 spiro atoms. The monoisotopic (exact) mass is 260 g/mol. The van der Waals surface area contributed by atoms with Crippen LogP contribution in [0.15, 0.2) is 24.3 Å². The summed E-state index contributed by atoms with van der Waals surface area (Å²) >= 11 is 0. The van der Waals surface area contributed by atoms with Crippen molar-refractivity contribution in [3.8, 4) is 0 Å². The van der Waals surface area contributed by atoms with Crippen molar-refractivity contribution in [2.45, 2.75) is 38.0 Å². The molecule has 1 amide bonds. The van der Waals surface area contributed by atoms with Crippen molar-refractivity contribution < 1.29 is 9.53 Å². The molecule has 4 nitrogen and oxygen atoms in total. The zero-order valence-electron chi connectivity index (χ0n) is 11.0. The molecule has 2 unspecified atom stereocenters. The van der Waals surface area contributed by atoms with Crippen molar-refractivity contribution in [2.75, 3.05) is 13.1 Å². The van der Waals surface area contributed by atoms with Crippen LogP contribution in [0.4, 0.5) is 0 Å². The van der Waals surface area contributed by atoms with Crippen molar-refractivity contribution in [3.63, 3.8) is 0 Å². The molecule has 1 aromatic carbocycles. The van der Waals surface area contributed by atoms with Gasteiger partial charge in [0, 0.05) is 19.6 Å². The van der Waals surface area contributed by atoms with Crippen molar-refractivity contribution in [3.05, 3.63) is 35.4 Å². The molecule has 0 radical (unpaired) electrons. The van der Waals surface area contributed by atoms with Crippen LogP contribution in [0.1, 0.15) is 24.0 Å². The van der Waals surface area contributed by atoms with Gasteiger partial charge in [-0.3, -0.25) is 4.79 Å². The third-order valence-electron chi connectivity index (χ3n) is 4.08. The summed E-state index contributed by atoms with van der Waals surface area (Å²) in [7, 11) is 0. The largest absolute Gasteiger partial charge is 0.371 e. The number of carbonyl (C=O) groups is 1. The number of morpholine rings is 1. The van der Waals surface area contributed by atoms with E-state index in [0.717, 1.165) is 37.1 Å². The molecule has 2 fully saturated rings. The fraction of sp³-hybridized carbons (Fsp3) is 0.533. The number of likely N-dealkylation sites (tertiary alicyclic amines) is 1. The first-order valence-corrected chi connectivity index (χ1v) is 6.96. The van der Waals surface area contributed by atoms with Crippen molar-refractivity contribution in [1.82, 2.24) is 4.90 Å². The summed E-state index contributed by atoms with van der Waals surface area (Å²) < 4.78 is 5.76. The highest BCUT2D eigenvalue weighted by Gasteiger charge is 2.35. The zero-order chi connectivity index (χ0) is 13.2. The molecule has 1 aromatic rings. The highest BCUT2D eigenvalue weighted by atomic mass is 16.5. The fourth-order valence-corrected chi connectivity index (χ4v) is 3.02. The van der Waals surface area contributed by atoms with E-state index in [1.54, 1.807) is 0 Å². The van der Waals surface area contributed by atoms with Crippen LogP contribution in [0, 0.1) is 0 Å². The third kappa shape index (κ3) is 2.65.